The van der Waals surface area contributed by atoms with E-state index in [9.17, 15) is 24.3 Å². The molecule has 2 aromatic heterocycles. The average Bonchev–Trinajstić information content (AvgIpc) is 3.21. The predicted octanol–water partition coefficient (Wildman–Crippen LogP) is 1.34. The minimum Gasteiger partial charge on any atom is -0.468 e. The number of esters is 2. The smallest absolute Gasteiger partial charge is 0.413 e. The number of methoxy groups -OCH3 is 1. The summed E-state index contributed by atoms with van der Waals surface area (Å²) in [5.74, 6) is -1.14. The lowest BCUT2D eigenvalue weighted by molar-refractivity contribution is -0.172. The van der Waals surface area contributed by atoms with Gasteiger partial charge in [-0.1, -0.05) is 6.92 Å². The van der Waals surface area contributed by atoms with Crippen molar-refractivity contribution in [2.24, 2.45) is 0 Å². The number of ether oxygens (including phenoxy) is 3. The molecule has 11 nitrogen and oxygen atoms in total. The Hall–Kier alpha value is -4.25. The molecule has 0 saturated carbocycles. The summed E-state index contributed by atoms with van der Waals surface area (Å²) in [5.41, 5.74) is 0.709. The van der Waals surface area contributed by atoms with Crippen LogP contribution in [0.3, 0.4) is 0 Å². The minimum atomic E-state index is -1.89. The molecular formula is C24H21N3O8. The van der Waals surface area contributed by atoms with E-state index < -0.39 is 23.6 Å². The molecule has 2 aliphatic rings. The quantitative estimate of drug-likeness (QED) is 0.414. The lowest BCUT2D eigenvalue weighted by atomic mass is 9.86. The highest BCUT2D eigenvalue weighted by Gasteiger charge is 2.45. The molecule has 0 bridgehead atoms. The summed E-state index contributed by atoms with van der Waals surface area (Å²) in [6.45, 7) is 1.39. The van der Waals surface area contributed by atoms with E-state index in [0.29, 0.717) is 22.3 Å². The standard InChI is InChI=1S/C24H21N3O8/c1-3-24(32)16-8-18-20-13(10-27(18)21(29)15(16)11-34-22(24)30)6-12-7-14(4-5-17(12)26-20)35-23(31)25-9-19(28)33-2/h4-8,32H,3,9-11H2,1-2H3,(H,25,31)/t24-/m0/s1. The minimum absolute atomic E-state index is 0.0652. The van der Waals surface area contributed by atoms with Gasteiger partial charge in [0.25, 0.3) is 5.56 Å². The summed E-state index contributed by atoms with van der Waals surface area (Å²) in [6.07, 6.45) is -0.746. The summed E-state index contributed by atoms with van der Waals surface area (Å²) in [5, 5.41) is 13.9. The van der Waals surface area contributed by atoms with E-state index in [1.165, 1.54) is 7.11 Å². The highest BCUT2D eigenvalue weighted by Crippen LogP contribution is 2.38. The average molecular weight is 479 g/mol. The second kappa shape index (κ2) is 8.20. The van der Waals surface area contributed by atoms with Crippen LogP contribution in [0.4, 0.5) is 4.79 Å². The van der Waals surface area contributed by atoms with Crippen LogP contribution in [0.1, 0.15) is 30.0 Å². The van der Waals surface area contributed by atoms with E-state index in [0.717, 1.165) is 5.56 Å². The van der Waals surface area contributed by atoms with Crippen LogP contribution in [-0.4, -0.2) is 46.3 Å². The van der Waals surface area contributed by atoms with Gasteiger partial charge in [0.1, 0.15) is 18.9 Å². The number of aliphatic hydroxyl groups is 1. The van der Waals surface area contributed by atoms with E-state index in [1.54, 1.807) is 35.8 Å². The molecule has 0 fully saturated rings. The van der Waals surface area contributed by atoms with Gasteiger partial charge in [-0.3, -0.25) is 9.59 Å². The fourth-order valence-electron chi connectivity index (χ4n) is 4.39. The summed E-state index contributed by atoms with van der Waals surface area (Å²) in [4.78, 5) is 53.3. The molecule has 2 N–H and O–H groups in total. The first kappa shape index (κ1) is 22.5. The highest BCUT2D eigenvalue weighted by molar-refractivity contribution is 5.87. The monoisotopic (exact) mass is 479 g/mol. The Morgan fingerprint density at radius 1 is 1.26 bits per heavy atom. The van der Waals surface area contributed by atoms with E-state index in [4.69, 9.17) is 14.5 Å². The van der Waals surface area contributed by atoms with Gasteiger partial charge in [-0.15, -0.1) is 0 Å². The third-order valence-electron chi connectivity index (χ3n) is 6.29. The number of rotatable bonds is 4. The number of pyridine rings is 2. The third kappa shape index (κ3) is 3.60. The molecular weight excluding hydrogens is 458 g/mol. The van der Waals surface area contributed by atoms with Crippen molar-refractivity contribution in [3.05, 3.63) is 57.4 Å². The Labute approximate surface area is 198 Å². The fraction of sp³-hybridized carbons (Fsp3) is 0.292. The topological polar surface area (TPSA) is 146 Å². The number of fused-ring (bicyclic) bond motifs is 5. The fourth-order valence-corrected chi connectivity index (χ4v) is 4.39. The predicted molar refractivity (Wildman–Crippen MR) is 121 cm³/mol. The van der Waals surface area contributed by atoms with Gasteiger partial charge in [-0.2, -0.15) is 0 Å². The largest absolute Gasteiger partial charge is 0.468 e. The molecule has 11 heteroatoms. The Bertz CT molecular complexity index is 1480. The van der Waals surface area contributed by atoms with Crippen LogP contribution < -0.4 is 15.6 Å². The first-order valence-electron chi connectivity index (χ1n) is 10.9. The number of aromatic nitrogens is 2. The number of hydrogen-bond donors (Lipinski definition) is 2. The Balaban J connectivity index is 1.50. The lowest BCUT2D eigenvalue weighted by Gasteiger charge is -2.31. The molecule has 0 spiro atoms. The Morgan fingerprint density at radius 2 is 2.06 bits per heavy atom. The Kier molecular flexibility index (Phi) is 5.28. The maximum atomic E-state index is 13.2. The molecule has 180 valence electrons. The van der Waals surface area contributed by atoms with Gasteiger partial charge < -0.3 is 29.2 Å². The van der Waals surface area contributed by atoms with Crippen molar-refractivity contribution in [3.8, 4) is 17.1 Å². The van der Waals surface area contributed by atoms with E-state index in [-0.39, 0.29) is 48.6 Å². The van der Waals surface area contributed by atoms with Crippen LogP contribution in [0, 0.1) is 0 Å². The number of hydrogen-bond acceptors (Lipinski definition) is 9. The van der Waals surface area contributed by atoms with Crippen LogP contribution in [-0.2, 0) is 37.8 Å². The maximum absolute atomic E-state index is 13.2. The van der Waals surface area contributed by atoms with Gasteiger partial charge in [-0.05, 0) is 36.8 Å². The van der Waals surface area contributed by atoms with Crippen molar-refractivity contribution in [2.75, 3.05) is 13.7 Å². The molecule has 4 heterocycles. The van der Waals surface area contributed by atoms with Crippen LogP contribution >= 0.6 is 0 Å². The lowest BCUT2D eigenvalue weighted by Crippen LogP contribution is -2.44. The van der Waals surface area contributed by atoms with Crippen molar-refractivity contribution < 1.29 is 33.7 Å². The Morgan fingerprint density at radius 3 is 2.80 bits per heavy atom. The first-order valence-corrected chi connectivity index (χ1v) is 10.9. The second-order valence-corrected chi connectivity index (χ2v) is 8.27. The zero-order valence-corrected chi connectivity index (χ0v) is 18.9. The summed E-state index contributed by atoms with van der Waals surface area (Å²) >= 11 is 0. The number of nitrogens with one attached hydrogen (secondary N) is 1. The number of benzene rings is 1. The van der Waals surface area contributed by atoms with Crippen molar-refractivity contribution in [1.82, 2.24) is 14.9 Å². The molecule has 35 heavy (non-hydrogen) atoms. The molecule has 0 unspecified atom stereocenters. The SMILES string of the molecule is CC[C@@]1(O)C(=O)OCc2c1cc1n(c2=O)Cc2cc3cc(OC(=O)NCC(=O)OC)ccc3nc2-1. The summed E-state index contributed by atoms with van der Waals surface area (Å²) < 4.78 is 16.3. The molecule has 1 atom stereocenters. The van der Waals surface area contributed by atoms with Crippen molar-refractivity contribution >= 4 is 28.9 Å². The van der Waals surface area contributed by atoms with Crippen molar-refractivity contribution in [3.63, 3.8) is 0 Å². The molecule has 3 aromatic rings. The van der Waals surface area contributed by atoms with Crippen LogP contribution in [0.25, 0.3) is 22.3 Å². The van der Waals surface area contributed by atoms with Gasteiger partial charge in [0, 0.05) is 16.5 Å². The number of carbonyl (C=O) groups excluding carboxylic acids is 3. The highest BCUT2D eigenvalue weighted by atomic mass is 16.6. The van der Waals surface area contributed by atoms with Gasteiger partial charge in [0.05, 0.1) is 36.1 Å². The third-order valence-corrected chi connectivity index (χ3v) is 6.29. The zero-order valence-electron chi connectivity index (χ0n) is 18.9. The van der Waals surface area contributed by atoms with Crippen LogP contribution in [0.5, 0.6) is 5.75 Å². The van der Waals surface area contributed by atoms with Gasteiger partial charge >= 0.3 is 18.0 Å². The van der Waals surface area contributed by atoms with E-state index >= 15 is 0 Å². The summed E-state index contributed by atoms with van der Waals surface area (Å²) in [7, 11) is 1.21. The molecule has 0 saturated heterocycles. The zero-order chi connectivity index (χ0) is 24.9. The van der Waals surface area contributed by atoms with E-state index in [2.05, 4.69) is 10.1 Å². The van der Waals surface area contributed by atoms with Gasteiger partial charge in [-0.25, -0.2) is 14.6 Å². The number of amides is 1. The van der Waals surface area contributed by atoms with E-state index in [1.807, 2.05) is 6.07 Å². The molecule has 1 aromatic carbocycles. The summed E-state index contributed by atoms with van der Waals surface area (Å²) in [6, 6.07) is 8.33. The van der Waals surface area contributed by atoms with Crippen molar-refractivity contribution in [1.29, 1.82) is 0 Å². The maximum Gasteiger partial charge on any atom is 0.413 e. The molecule has 0 aliphatic carbocycles. The molecule has 5 rings (SSSR count). The molecule has 0 radical (unpaired) electrons. The van der Waals surface area contributed by atoms with Crippen LogP contribution in [0.15, 0.2) is 35.1 Å². The number of carbonyl (C=O) groups is 3. The van der Waals surface area contributed by atoms with Crippen molar-refractivity contribution in [2.45, 2.75) is 32.1 Å². The first-order chi connectivity index (χ1) is 16.7. The van der Waals surface area contributed by atoms with Gasteiger partial charge in [0.2, 0.25) is 0 Å². The van der Waals surface area contributed by atoms with Gasteiger partial charge in [0.15, 0.2) is 5.60 Å². The molecule has 1 amide bonds. The molecule has 2 aliphatic heterocycles. The van der Waals surface area contributed by atoms with Crippen LogP contribution in [0.2, 0.25) is 0 Å². The number of nitrogens with zero attached hydrogens (tertiary/aromatic N) is 2. The normalized spacial score (nSPS) is 17.7. The number of cyclic esters (lactones) is 1. The second-order valence-electron chi connectivity index (χ2n) is 8.27.